The van der Waals surface area contributed by atoms with Crippen LogP contribution in [0.25, 0.3) is 0 Å². The Balaban J connectivity index is 1.92. The molecule has 6 nitrogen and oxygen atoms in total. The zero-order valence-corrected chi connectivity index (χ0v) is 15.4. The molecule has 0 saturated carbocycles. The fourth-order valence-corrected chi connectivity index (χ4v) is 3.04. The van der Waals surface area contributed by atoms with Crippen LogP contribution in [0, 0.1) is 0 Å². The van der Waals surface area contributed by atoms with Crippen LogP contribution in [0.4, 0.5) is 0 Å². The number of Topliss-reactive ketones (excluding diaryl/α,β-unsaturated/α-hetero) is 1. The predicted octanol–water partition coefficient (Wildman–Crippen LogP) is 2.67. The Hall–Kier alpha value is -2.67. The molecule has 0 aromatic heterocycles. The van der Waals surface area contributed by atoms with Crippen molar-refractivity contribution >= 4 is 21.6 Å². The predicted molar refractivity (Wildman–Crippen MR) is 97.2 cm³/mol. The summed E-state index contributed by atoms with van der Waals surface area (Å²) in [6.45, 7) is 2.03. The van der Waals surface area contributed by atoms with Gasteiger partial charge in [-0.05, 0) is 48.9 Å². The van der Waals surface area contributed by atoms with Crippen LogP contribution in [-0.4, -0.2) is 39.6 Å². The van der Waals surface area contributed by atoms with Gasteiger partial charge in [-0.15, -0.1) is 0 Å². The van der Waals surface area contributed by atoms with Crippen molar-refractivity contribution in [2.24, 2.45) is 0 Å². The van der Waals surface area contributed by atoms with Crippen molar-refractivity contribution in [1.29, 1.82) is 0 Å². The minimum Gasteiger partial charge on any atom is -0.494 e. The van der Waals surface area contributed by atoms with E-state index in [1.165, 1.54) is 12.1 Å². The number of ether oxygens (including phenoxy) is 2. The number of carbonyl (C=O) groups excluding carboxylic acids is 2. The first-order chi connectivity index (χ1) is 12.3. The third-order valence-corrected chi connectivity index (χ3v) is 4.30. The Labute approximate surface area is 152 Å². The van der Waals surface area contributed by atoms with E-state index in [1.54, 1.807) is 36.4 Å². The van der Waals surface area contributed by atoms with Gasteiger partial charge < -0.3 is 9.47 Å². The third kappa shape index (κ3) is 6.00. The van der Waals surface area contributed by atoms with E-state index >= 15 is 0 Å². The van der Waals surface area contributed by atoms with Crippen LogP contribution in [0.5, 0.6) is 5.75 Å². The molecule has 0 bridgehead atoms. The molecule has 0 spiro atoms. The molecule has 138 valence electrons. The number of esters is 1. The molecule has 0 radical (unpaired) electrons. The van der Waals surface area contributed by atoms with E-state index in [-0.39, 0.29) is 23.7 Å². The van der Waals surface area contributed by atoms with Gasteiger partial charge in [-0.1, -0.05) is 12.1 Å². The standard InChI is InChI=1S/C19H20O6S/c1-3-24-17-10-8-15(9-11-17)18(20)12-25-19(21)16-6-4-14(5-7-16)13-26(2,22)23/h4-11H,3,12-13H2,1-2H3. The molecule has 0 saturated heterocycles. The number of hydrogen-bond acceptors (Lipinski definition) is 6. The molecule has 0 fully saturated rings. The highest BCUT2D eigenvalue weighted by Gasteiger charge is 2.13. The van der Waals surface area contributed by atoms with Gasteiger partial charge >= 0.3 is 5.97 Å². The molecule has 0 amide bonds. The summed E-state index contributed by atoms with van der Waals surface area (Å²) in [4.78, 5) is 24.1. The molecule has 2 aromatic carbocycles. The van der Waals surface area contributed by atoms with E-state index in [0.717, 1.165) is 6.26 Å². The van der Waals surface area contributed by atoms with Crippen molar-refractivity contribution in [3.63, 3.8) is 0 Å². The highest BCUT2D eigenvalue weighted by molar-refractivity contribution is 7.89. The van der Waals surface area contributed by atoms with Gasteiger partial charge in [0, 0.05) is 11.8 Å². The highest BCUT2D eigenvalue weighted by atomic mass is 32.2. The lowest BCUT2D eigenvalue weighted by Gasteiger charge is -2.07. The maximum Gasteiger partial charge on any atom is 0.338 e. The molecule has 0 atom stereocenters. The van der Waals surface area contributed by atoms with Gasteiger partial charge in [0.25, 0.3) is 0 Å². The summed E-state index contributed by atoms with van der Waals surface area (Å²) < 4.78 is 32.8. The van der Waals surface area contributed by atoms with Gasteiger partial charge in [-0.3, -0.25) is 4.79 Å². The number of benzene rings is 2. The van der Waals surface area contributed by atoms with Crippen LogP contribution in [-0.2, 0) is 20.3 Å². The first kappa shape index (κ1) is 19.7. The van der Waals surface area contributed by atoms with E-state index in [9.17, 15) is 18.0 Å². The van der Waals surface area contributed by atoms with Crippen molar-refractivity contribution in [2.45, 2.75) is 12.7 Å². The molecule has 2 rings (SSSR count). The third-order valence-electron chi connectivity index (χ3n) is 3.44. The normalized spacial score (nSPS) is 11.0. The van der Waals surface area contributed by atoms with Crippen LogP contribution >= 0.6 is 0 Å². The quantitative estimate of drug-likeness (QED) is 0.520. The minimum absolute atomic E-state index is 0.0987. The number of sulfone groups is 1. The average molecular weight is 376 g/mol. The molecule has 0 aliphatic carbocycles. The summed E-state index contributed by atoms with van der Waals surface area (Å²) in [6, 6.07) is 12.6. The molecule has 7 heteroatoms. The van der Waals surface area contributed by atoms with Crippen LogP contribution in [0.15, 0.2) is 48.5 Å². The molecule has 26 heavy (non-hydrogen) atoms. The summed E-state index contributed by atoms with van der Waals surface area (Å²) in [5, 5.41) is 0. The topological polar surface area (TPSA) is 86.7 Å². The summed E-state index contributed by atoms with van der Waals surface area (Å²) in [5.74, 6) is -0.404. The summed E-state index contributed by atoms with van der Waals surface area (Å²) in [7, 11) is -3.14. The Morgan fingerprint density at radius 3 is 2.04 bits per heavy atom. The maximum atomic E-state index is 12.1. The second-order valence-corrected chi connectivity index (χ2v) is 7.86. The van der Waals surface area contributed by atoms with Crippen molar-refractivity contribution in [3.05, 3.63) is 65.2 Å². The van der Waals surface area contributed by atoms with Gasteiger partial charge in [-0.2, -0.15) is 0 Å². The Bertz CT molecular complexity index is 867. The van der Waals surface area contributed by atoms with Gasteiger partial charge in [0.1, 0.15) is 5.75 Å². The monoisotopic (exact) mass is 376 g/mol. The Morgan fingerprint density at radius 1 is 0.923 bits per heavy atom. The molecule has 0 unspecified atom stereocenters. The molecule has 0 heterocycles. The van der Waals surface area contributed by atoms with Gasteiger partial charge in [0.05, 0.1) is 17.9 Å². The number of ketones is 1. The zero-order valence-electron chi connectivity index (χ0n) is 14.6. The molecule has 2 aromatic rings. The molecular weight excluding hydrogens is 356 g/mol. The summed E-state index contributed by atoms with van der Waals surface area (Å²) in [6.07, 6.45) is 1.14. The second kappa shape index (κ2) is 8.62. The van der Waals surface area contributed by atoms with Crippen LogP contribution in [0.3, 0.4) is 0 Å². The van der Waals surface area contributed by atoms with E-state index in [0.29, 0.717) is 23.5 Å². The Morgan fingerprint density at radius 2 is 1.50 bits per heavy atom. The van der Waals surface area contributed by atoms with Crippen molar-refractivity contribution in [3.8, 4) is 5.75 Å². The fourth-order valence-electron chi connectivity index (χ4n) is 2.24. The first-order valence-corrected chi connectivity index (χ1v) is 10.0. The number of rotatable bonds is 8. The summed E-state index contributed by atoms with van der Waals surface area (Å²) >= 11 is 0. The number of carbonyl (C=O) groups is 2. The fraction of sp³-hybridized carbons (Fsp3) is 0.263. The SMILES string of the molecule is CCOc1ccc(C(=O)COC(=O)c2ccc(CS(C)(=O)=O)cc2)cc1. The number of hydrogen-bond donors (Lipinski definition) is 0. The van der Waals surface area contributed by atoms with E-state index in [4.69, 9.17) is 9.47 Å². The molecular formula is C19H20O6S. The zero-order chi connectivity index (χ0) is 19.2. The molecule has 0 N–H and O–H groups in total. The lowest BCUT2D eigenvalue weighted by molar-refractivity contribution is 0.0474. The van der Waals surface area contributed by atoms with Gasteiger partial charge in [0.15, 0.2) is 22.2 Å². The van der Waals surface area contributed by atoms with Crippen molar-refractivity contribution in [2.75, 3.05) is 19.5 Å². The summed E-state index contributed by atoms with van der Waals surface area (Å²) in [5.41, 5.74) is 1.25. The van der Waals surface area contributed by atoms with Crippen LogP contribution in [0.2, 0.25) is 0 Å². The minimum atomic E-state index is -3.14. The van der Waals surface area contributed by atoms with Gasteiger partial charge in [0.2, 0.25) is 0 Å². The molecule has 0 aliphatic rings. The highest BCUT2D eigenvalue weighted by Crippen LogP contribution is 2.13. The lowest BCUT2D eigenvalue weighted by atomic mass is 10.1. The van der Waals surface area contributed by atoms with Gasteiger partial charge in [-0.25, -0.2) is 13.2 Å². The van der Waals surface area contributed by atoms with Crippen molar-refractivity contribution < 1.29 is 27.5 Å². The van der Waals surface area contributed by atoms with E-state index < -0.39 is 15.8 Å². The largest absolute Gasteiger partial charge is 0.494 e. The van der Waals surface area contributed by atoms with E-state index in [1.807, 2.05) is 6.92 Å². The van der Waals surface area contributed by atoms with Crippen LogP contribution < -0.4 is 4.74 Å². The first-order valence-electron chi connectivity index (χ1n) is 7.98. The second-order valence-electron chi connectivity index (χ2n) is 5.72. The smallest absolute Gasteiger partial charge is 0.338 e. The maximum absolute atomic E-state index is 12.1. The van der Waals surface area contributed by atoms with Crippen LogP contribution in [0.1, 0.15) is 33.2 Å². The van der Waals surface area contributed by atoms with Crippen molar-refractivity contribution in [1.82, 2.24) is 0 Å². The Kier molecular flexibility index (Phi) is 6.52. The lowest BCUT2D eigenvalue weighted by Crippen LogP contribution is -2.14. The van der Waals surface area contributed by atoms with E-state index in [2.05, 4.69) is 0 Å². The molecule has 0 aliphatic heterocycles. The average Bonchev–Trinajstić information content (AvgIpc) is 2.59.